The molecule has 0 unspecified atom stereocenters. The third-order valence-corrected chi connectivity index (χ3v) is 1.73. The Morgan fingerprint density at radius 1 is 1.60 bits per heavy atom. The van der Waals surface area contributed by atoms with Crippen LogP contribution >= 0.6 is 0 Å². The molecule has 3 nitrogen and oxygen atoms in total. The molecule has 0 radical (unpaired) electrons. The van der Waals surface area contributed by atoms with E-state index in [2.05, 4.69) is 22.3 Å². The second-order valence-electron chi connectivity index (χ2n) is 3.22. The minimum absolute atomic E-state index is 0.160. The molecule has 0 aromatic heterocycles. The fourth-order valence-corrected chi connectivity index (χ4v) is 0.936. The van der Waals surface area contributed by atoms with E-state index < -0.39 is 0 Å². The molecule has 1 aliphatic heterocycles. The average molecular weight is 141 g/mol. The second-order valence-corrected chi connectivity index (χ2v) is 3.22. The number of hydrogen-bond donors (Lipinski definition) is 2. The third-order valence-electron chi connectivity index (χ3n) is 1.73. The van der Waals surface area contributed by atoms with E-state index in [1.807, 2.05) is 13.8 Å². The van der Waals surface area contributed by atoms with Gasteiger partial charge in [0.05, 0.1) is 0 Å². The van der Waals surface area contributed by atoms with Gasteiger partial charge in [-0.2, -0.15) is 0 Å². The molecular weight excluding hydrogens is 126 g/mol. The van der Waals surface area contributed by atoms with Gasteiger partial charge in [-0.1, -0.05) is 0 Å². The zero-order chi connectivity index (χ0) is 7.61. The lowest BCUT2D eigenvalue weighted by molar-refractivity contribution is 0.279. The largest absolute Gasteiger partial charge is 0.314 e. The summed E-state index contributed by atoms with van der Waals surface area (Å²) < 4.78 is 0. The molecule has 1 heterocycles. The van der Waals surface area contributed by atoms with E-state index in [0.717, 1.165) is 13.1 Å². The molecule has 0 atom stereocenters. The Balaban J connectivity index is 2.27. The molecule has 0 spiro atoms. The van der Waals surface area contributed by atoms with Crippen molar-refractivity contribution in [3.05, 3.63) is 0 Å². The molecule has 2 N–H and O–H groups in total. The van der Waals surface area contributed by atoms with Gasteiger partial charge in [-0.05, 0) is 20.6 Å². The Kier molecular flexibility index (Phi) is 2.06. The minimum Gasteiger partial charge on any atom is -0.314 e. The Labute approximate surface area is 61.9 Å². The molecule has 0 saturated carbocycles. The number of nitrogens with one attached hydrogen (secondary N) is 2. The van der Waals surface area contributed by atoms with Crippen molar-refractivity contribution < 1.29 is 0 Å². The molecule has 0 aliphatic carbocycles. The van der Waals surface area contributed by atoms with Gasteiger partial charge in [-0.3, -0.25) is 10.3 Å². The second kappa shape index (κ2) is 2.68. The highest BCUT2D eigenvalue weighted by Crippen LogP contribution is 2.05. The van der Waals surface area contributed by atoms with Crippen molar-refractivity contribution in [1.82, 2.24) is 10.6 Å². The van der Waals surface area contributed by atoms with Gasteiger partial charge in [0, 0.05) is 19.1 Å². The maximum atomic E-state index is 3.95. The van der Waals surface area contributed by atoms with Gasteiger partial charge < -0.3 is 5.32 Å². The molecule has 0 aromatic rings. The van der Waals surface area contributed by atoms with Gasteiger partial charge >= 0.3 is 0 Å². The van der Waals surface area contributed by atoms with Crippen molar-refractivity contribution in [3.63, 3.8) is 0 Å². The van der Waals surface area contributed by atoms with E-state index in [4.69, 9.17) is 0 Å². The quantitative estimate of drug-likeness (QED) is 0.542. The lowest BCUT2D eigenvalue weighted by Crippen LogP contribution is -2.60. The summed E-state index contributed by atoms with van der Waals surface area (Å²) in [6.45, 7) is 9.67. The maximum Gasteiger partial charge on any atom is 0.104 e. The summed E-state index contributed by atoms with van der Waals surface area (Å²) in [5.41, 5.74) is -0.160. The molecule has 1 fully saturated rings. The number of aliphatic imine (C=N–C) groups is 1. The predicted octanol–water partition coefficient (Wildman–Crippen LogP) is -0.0155. The zero-order valence-corrected chi connectivity index (χ0v) is 6.65. The standard InChI is InChI=1S/C7H15N3/c1-7(2,8-3)10-6-4-9-5-6/h6,9-10H,3-5H2,1-2H3. The van der Waals surface area contributed by atoms with Crippen molar-refractivity contribution >= 4 is 6.72 Å². The molecule has 1 aliphatic rings. The van der Waals surface area contributed by atoms with Crippen molar-refractivity contribution in [2.24, 2.45) is 4.99 Å². The van der Waals surface area contributed by atoms with Crippen LogP contribution in [0.2, 0.25) is 0 Å². The molecule has 3 heteroatoms. The van der Waals surface area contributed by atoms with Crippen LogP contribution in [0.5, 0.6) is 0 Å². The van der Waals surface area contributed by atoms with E-state index in [9.17, 15) is 0 Å². The van der Waals surface area contributed by atoms with Gasteiger partial charge in [-0.15, -0.1) is 0 Å². The highest BCUT2D eigenvalue weighted by atomic mass is 15.2. The van der Waals surface area contributed by atoms with Gasteiger partial charge in [-0.25, -0.2) is 0 Å². The molecule has 0 bridgehead atoms. The van der Waals surface area contributed by atoms with Crippen LogP contribution in [-0.2, 0) is 0 Å². The third kappa shape index (κ3) is 1.78. The Morgan fingerprint density at radius 2 is 2.20 bits per heavy atom. The van der Waals surface area contributed by atoms with Gasteiger partial charge in [0.25, 0.3) is 0 Å². The Bertz CT molecular complexity index is 127. The zero-order valence-electron chi connectivity index (χ0n) is 6.65. The van der Waals surface area contributed by atoms with Crippen LogP contribution in [0, 0.1) is 0 Å². The lowest BCUT2D eigenvalue weighted by Gasteiger charge is -2.34. The summed E-state index contributed by atoms with van der Waals surface area (Å²) in [5, 5.41) is 6.53. The Morgan fingerprint density at radius 3 is 2.50 bits per heavy atom. The monoisotopic (exact) mass is 141 g/mol. The van der Waals surface area contributed by atoms with Crippen molar-refractivity contribution in [2.75, 3.05) is 13.1 Å². The Hall–Kier alpha value is -0.410. The molecule has 58 valence electrons. The van der Waals surface area contributed by atoms with Crippen molar-refractivity contribution in [2.45, 2.75) is 25.6 Å². The van der Waals surface area contributed by atoms with Gasteiger partial charge in [0.15, 0.2) is 0 Å². The van der Waals surface area contributed by atoms with Crippen LogP contribution in [0.25, 0.3) is 0 Å². The highest BCUT2D eigenvalue weighted by Gasteiger charge is 2.23. The fourth-order valence-electron chi connectivity index (χ4n) is 0.936. The molecular formula is C7H15N3. The van der Waals surface area contributed by atoms with Crippen LogP contribution in [0.4, 0.5) is 0 Å². The molecule has 0 amide bonds. The summed E-state index contributed by atoms with van der Waals surface area (Å²) in [4.78, 5) is 3.95. The molecule has 0 aromatic carbocycles. The summed E-state index contributed by atoms with van der Waals surface area (Å²) in [7, 11) is 0. The van der Waals surface area contributed by atoms with Gasteiger partial charge in [0.1, 0.15) is 5.66 Å². The van der Waals surface area contributed by atoms with Crippen molar-refractivity contribution in [1.29, 1.82) is 0 Å². The first-order chi connectivity index (χ1) is 4.64. The first-order valence-electron chi connectivity index (χ1n) is 3.60. The first-order valence-corrected chi connectivity index (χ1v) is 3.60. The lowest BCUT2D eigenvalue weighted by atomic mass is 10.1. The summed E-state index contributed by atoms with van der Waals surface area (Å²) in [6, 6.07) is 0.584. The predicted molar refractivity (Wildman–Crippen MR) is 43.4 cm³/mol. The summed E-state index contributed by atoms with van der Waals surface area (Å²) in [6.07, 6.45) is 0. The highest BCUT2D eigenvalue weighted by molar-refractivity contribution is 5.25. The van der Waals surface area contributed by atoms with Crippen molar-refractivity contribution in [3.8, 4) is 0 Å². The summed E-state index contributed by atoms with van der Waals surface area (Å²) >= 11 is 0. The summed E-state index contributed by atoms with van der Waals surface area (Å²) in [5.74, 6) is 0. The van der Waals surface area contributed by atoms with E-state index in [-0.39, 0.29) is 5.66 Å². The normalized spacial score (nSPS) is 20.2. The van der Waals surface area contributed by atoms with E-state index in [1.54, 1.807) is 0 Å². The van der Waals surface area contributed by atoms with Crippen LogP contribution in [0.1, 0.15) is 13.8 Å². The maximum absolute atomic E-state index is 3.95. The average Bonchev–Trinajstić information content (AvgIpc) is 1.80. The molecule has 1 rings (SSSR count). The van der Waals surface area contributed by atoms with E-state index in [1.165, 1.54) is 0 Å². The molecule has 1 saturated heterocycles. The molecule has 10 heavy (non-hydrogen) atoms. The fraction of sp³-hybridized carbons (Fsp3) is 0.857. The van der Waals surface area contributed by atoms with Gasteiger partial charge in [0.2, 0.25) is 0 Å². The smallest absolute Gasteiger partial charge is 0.104 e. The minimum atomic E-state index is -0.160. The number of rotatable bonds is 3. The van der Waals surface area contributed by atoms with E-state index in [0.29, 0.717) is 6.04 Å². The van der Waals surface area contributed by atoms with Crippen LogP contribution in [0.15, 0.2) is 4.99 Å². The SMILES string of the molecule is C=NC(C)(C)NC1CNC1. The van der Waals surface area contributed by atoms with Crippen LogP contribution in [0.3, 0.4) is 0 Å². The van der Waals surface area contributed by atoms with E-state index >= 15 is 0 Å². The number of nitrogens with zero attached hydrogens (tertiary/aromatic N) is 1. The topological polar surface area (TPSA) is 36.4 Å². The number of hydrogen-bond acceptors (Lipinski definition) is 3. The van der Waals surface area contributed by atoms with Crippen LogP contribution in [-0.4, -0.2) is 31.5 Å². The first kappa shape index (κ1) is 7.69. The van der Waals surface area contributed by atoms with Crippen LogP contribution < -0.4 is 10.6 Å².